The highest BCUT2D eigenvalue weighted by atomic mass is 16.5. The van der Waals surface area contributed by atoms with Crippen LogP contribution >= 0.6 is 0 Å². The Kier molecular flexibility index (Phi) is 4.07. The summed E-state index contributed by atoms with van der Waals surface area (Å²) in [7, 11) is 1.74. The van der Waals surface area contributed by atoms with E-state index >= 15 is 0 Å². The van der Waals surface area contributed by atoms with E-state index in [4.69, 9.17) is 4.74 Å². The number of benzene rings is 1. The first-order chi connectivity index (χ1) is 8.91. The molecule has 0 aliphatic heterocycles. The van der Waals surface area contributed by atoms with E-state index in [0.29, 0.717) is 17.4 Å². The highest BCUT2D eigenvalue weighted by Gasteiger charge is 2.32. The topological polar surface area (TPSA) is 21.3 Å². The van der Waals surface area contributed by atoms with Gasteiger partial charge in [-0.3, -0.25) is 0 Å². The van der Waals surface area contributed by atoms with E-state index in [0.717, 1.165) is 11.4 Å². The van der Waals surface area contributed by atoms with Crippen LogP contribution in [-0.4, -0.2) is 13.2 Å². The molecule has 19 heavy (non-hydrogen) atoms. The molecule has 1 fully saturated rings. The van der Waals surface area contributed by atoms with Gasteiger partial charge in [0.2, 0.25) is 0 Å². The van der Waals surface area contributed by atoms with Gasteiger partial charge in [0.15, 0.2) is 0 Å². The number of nitrogens with one attached hydrogen (secondary N) is 1. The molecular weight excluding hydrogens is 234 g/mol. The van der Waals surface area contributed by atoms with Crippen LogP contribution in [-0.2, 0) is 0 Å². The predicted molar refractivity (Wildman–Crippen MR) is 81.9 cm³/mol. The normalized spacial score (nSPS) is 25.9. The van der Waals surface area contributed by atoms with Crippen molar-refractivity contribution in [2.24, 2.45) is 11.3 Å². The molecule has 106 valence electrons. The highest BCUT2D eigenvalue weighted by molar-refractivity contribution is 5.58. The first-order valence-corrected chi connectivity index (χ1v) is 7.32. The minimum Gasteiger partial charge on any atom is -0.495 e. The van der Waals surface area contributed by atoms with Gasteiger partial charge in [0.05, 0.1) is 12.8 Å². The van der Waals surface area contributed by atoms with Crippen molar-refractivity contribution in [1.82, 2.24) is 0 Å². The first kappa shape index (κ1) is 14.2. The second kappa shape index (κ2) is 5.44. The Morgan fingerprint density at radius 3 is 2.68 bits per heavy atom. The van der Waals surface area contributed by atoms with Crippen LogP contribution in [0.3, 0.4) is 0 Å². The number of hydrogen-bond acceptors (Lipinski definition) is 2. The van der Waals surface area contributed by atoms with Crippen LogP contribution < -0.4 is 10.1 Å². The number of ether oxygens (including phenoxy) is 1. The third-order valence-corrected chi connectivity index (χ3v) is 4.39. The number of anilines is 1. The Morgan fingerprint density at radius 2 is 2.05 bits per heavy atom. The minimum absolute atomic E-state index is 0.495. The maximum atomic E-state index is 5.48. The summed E-state index contributed by atoms with van der Waals surface area (Å²) in [5.41, 5.74) is 2.86. The zero-order valence-corrected chi connectivity index (χ0v) is 12.9. The van der Waals surface area contributed by atoms with E-state index in [1.807, 2.05) is 0 Å². The lowest BCUT2D eigenvalue weighted by Crippen LogP contribution is -2.36. The third kappa shape index (κ3) is 3.43. The van der Waals surface area contributed by atoms with Crippen molar-refractivity contribution < 1.29 is 4.74 Å². The van der Waals surface area contributed by atoms with Gasteiger partial charge in [-0.25, -0.2) is 0 Å². The fraction of sp³-hybridized carbons (Fsp3) is 0.647. The molecule has 1 aromatic carbocycles. The average molecular weight is 261 g/mol. The van der Waals surface area contributed by atoms with Gasteiger partial charge in [-0.2, -0.15) is 0 Å². The molecule has 2 unspecified atom stereocenters. The summed E-state index contributed by atoms with van der Waals surface area (Å²) >= 11 is 0. The number of hydrogen-bond donors (Lipinski definition) is 1. The molecule has 0 amide bonds. The molecule has 0 heterocycles. The standard InChI is InChI=1S/C17H27NO/c1-12-6-7-15(16(10-12)19-5)18-14-8-9-17(3,4)11-13(14)2/h6-7,10,13-14,18H,8-9,11H2,1-5H3. The molecule has 0 spiro atoms. The summed E-state index contributed by atoms with van der Waals surface area (Å²) in [5, 5.41) is 3.69. The summed E-state index contributed by atoms with van der Waals surface area (Å²) < 4.78 is 5.48. The maximum absolute atomic E-state index is 5.48. The molecular formula is C17H27NO. The Labute approximate surface area is 117 Å². The van der Waals surface area contributed by atoms with Crippen molar-refractivity contribution in [1.29, 1.82) is 0 Å². The van der Waals surface area contributed by atoms with Crippen molar-refractivity contribution in [3.05, 3.63) is 23.8 Å². The highest BCUT2D eigenvalue weighted by Crippen LogP contribution is 2.40. The van der Waals surface area contributed by atoms with Gasteiger partial charge in [0, 0.05) is 6.04 Å². The molecule has 1 N–H and O–H groups in total. The van der Waals surface area contributed by atoms with Gasteiger partial charge in [0.25, 0.3) is 0 Å². The monoisotopic (exact) mass is 261 g/mol. The van der Waals surface area contributed by atoms with Crippen molar-refractivity contribution >= 4 is 5.69 Å². The van der Waals surface area contributed by atoms with Crippen molar-refractivity contribution in [3.8, 4) is 5.75 Å². The molecule has 0 radical (unpaired) electrons. The molecule has 0 saturated heterocycles. The number of rotatable bonds is 3. The lowest BCUT2D eigenvalue weighted by atomic mass is 9.70. The zero-order valence-electron chi connectivity index (χ0n) is 12.9. The van der Waals surface area contributed by atoms with Crippen molar-refractivity contribution in [2.45, 2.75) is 53.0 Å². The molecule has 0 aromatic heterocycles. The largest absolute Gasteiger partial charge is 0.495 e. The molecule has 0 bridgehead atoms. The van der Waals surface area contributed by atoms with Crippen LogP contribution in [0.5, 0.6) is 5.75 Å². The molecule has 1 saturated carbocycles. The van der Waals surface area contributed by atoms with Crippen molar-refractivity contribution in [2.75, 3.05) is 12.4 Å². The van der Waals surface area contributed by atoms with Crippen LogP contribution in [0.15, 0.2) is 18.2 Å². The maximum Gasteiger partial charge on any atom is 0.142 e. The fourth-order valence-electron chi connectivity index (χ4n) is 3.28. The summed E-state index contributed by atoms with van der Waals surface area (Å²) in [6.45, 7) is 9.22. The quantitative estimate of drug-likeness (QED) is 0.856. The molecule has 1 aliphatic rings. The van der Waals surface area contributed by atoms with Gasteiger partial charge < -0.3 is 10.1 Å². The van der Waals surface area contributed by atoms with Crippen LogP contribution in [0.25, 0.3) is 0 Å². The number of methoxy groups -OCH3 is 1. The summed E-state index contributed by atoms with van der Waals surface area (Å²) in [5.74, 6) is 1.66. The van der Waals surface area contributed by atoms with Crippen LogP contribution in [0.2, 0.25) is 0 Å². The molecule has 2 rings (SSSR count). The van der Waals surface area contributed by atoms with E-state index in [-0.39, 0.29) is 0 Å². The van der Waals surface area contributed by atoms with Gasteiger partial charge >= 0.3 is 0 Å². The predicted octanol–water partition coefficient (Wildman–Crippen LogP) is 4.63. The third-order valence-electron chi connectivity index (χ3n) is 4.39. The lowest BCUT2D eigenvalue weighted by molar-refractivity contribution is 0.177. The summed E-state index contributed by atoms with van der Waals surface area (Å²) in [6, 6.07) is 6.94. The van der Waals surface area contributed by atoms with E-state index in [2.05, 4.69) is 51.2 Å². The van der Waals surface area contributed by atoms with Crippen LogP contribution in [0.4, 0.5) is 5.69 Å². The molecule has 1 aromatic rings. The van der Waals surface area contributed by atoms with Gasteiger partial charge in [0.1, 0.15) is 5.75 Å². The second-order valence-corrected chi connectivity index (χ2v) is 6.84. The minimum atomic E-state index is 0.495. The Bertz CT molecular complexity index is 439. The molecule has 1 aliphatic carbocycles. The van der Waals surface area contributed by atoms with E-state index in [9.17, 15) is 0 Å². The Morgan fingerprint density at radius 1 is 1.32 bits per heavy atom. The fourth-order valence-corrected chi connectivity index (χ4v) is 3.28. The smallest absolute Gasteiger partial charge is 0.142 e. The van der Waals surface area contributed by atoms with Crippen LogP contribution in [0.1, 0.15) is 45.6 Å². The van der Waals surface area contributed by atoms with Gasteiger partial charge in [-0.1, -0.05) is 26.8 Å². The Balaban J connectivity index is 2.09. The number of aryl methyl sites for hydroxylation is 1. The lowest BCUT2D eigenvalue weighted by Gasteiger charge is -2.40. The Hall–Kier alpha value is -1.18. The zero-order chi connectivity index (χ0) is 14.0. The second-order valence-electron chi connectivity index (χ2n) is 6.84. The molecule has 2 heteroatoms. The van der Waals surface area contributed by atoms with Crippen LogP contribution in [0, 0.1) is 18.3 Å². The van der Waals surface area contributed by atoms with Gasteiger partial charge in [-0.15, -0.1) is 0 Å². The van der Waals surface area contributed by atoms with E-state index < -0.39 is 0 Å². The van der Waals surface area contributed by atoms with Crippen molar-refractivity contribution in [3.63, 3.8) is 0 Å². The van der Waals surface area contributed by atoms with E-state index in [1.165, 1.54) is 24.8 Å². The van der Waals surface area contributed by atoms with Gasteiger partial charge in [-0.05, 0) is 55.2 Å². The summed E-state index contributed by atoms with van der Waals surface area (Å²) in [6.07, 6.45) is 3.83. The SMILES string of the molecule is COc1cc(C)ccc1NC1CCC(C)(C)CC1C. The molecule has 2 atom stereocenters. The van der Waals surface area contributed by atoms with E-state index in [1.54, 1.807) is 7.11 Å². The summed E-state index contributed by atoms with van der Waals surface area (Å²) in [4.78, 5) is 0. The first-order valence-electron chi connectivity index (χ1n) is 7.32. The average Bonchev–Trinajstić information content (AvgIpc) is 2.33. The molecule has 2 nitrogen and oxygen atoms in total.